The molecule has 1 heterocycles. The number of benzene rings is 1. The average Bonchev–Trinajstić information content (AvgIpc) is 3.34. The highest BCUT2D eigenvalue weighted by Crippen LogP contribution is 2.18. The van der Waals surface area contributed by atoms with Crippen LogP contribution in [0, 0.1) is 11.8 Å². The van der Waals surface area contributed by atoms with Gasteiger partial charge in [-0.1, -0.05) is 58.0 Å². The van der Waals surface area contributed by atoms with Crippen molar-refractivity contribution >= 4 is 29.6 Å². The Morgan fingerprint density at radius 3 is 2.11 bits per heavy atom. The van der Waals surface area contributed by atoms with Crippen molar-refractivity contribution in [2.45, 2.75) is 71.1 Å². The lowest BCUT2D eigenvalue weighted by Crippen LogP contribution is -2.59. The minimum Gasteiger partial charge on any atom is -0.480 e. The fraction of sp³-hybridized carbons (Fsp3) is 0.577. The number of hydrogen-bond donors (Lipinski definition) is 5. The Balaban J connectivity index is 2.21. The van der Waals surface area contributed by atoms with E-state index in [2.05, 4.69) is 16.0 Å². The second-order valence-electron chi connectivity index (χ2n) is 10.00. The van der Waals surface area contributed by atoms with Crippen LogP contribution in [0.25, 0.3) is 0 Å². The normalized spacial score (nSPS) is 17.7. The Bertz CT molecular complexity index is 967. The number of amides is 4. The molecule has 6 N–H and O–H groups in total. The molecular weight excluding hydrogens is 478 g/mol. The quantitative estimate of drug-likeness (QED) is 0.260. The maximum absolute atomic E-state index is 13.3. The predicted molar refractivity (Wildman–Crippen MR) is 137 cm³/mol. The van der Waals surface area contributed by atoms with Crippen molar-refractivity contribution in [3.63, 3.8) is 0 Å². The smallest absolute Gasteiger partial charge is 0.326 e. The standard InChI is InChI=1S/C26H39N5O6/c1-15(2)21(29-24(34)19-11-8-12-31(19)20(32)14-27)25(35)28-18(13-17-9-6-5-7-10-17)23(33)30-22(16(3)4)26(36)37/h5-7,9-10,15-16,18-19,21-22H,8,11-14,27H2,1-4H3,(H,28,35)(H,29,34)(H,30,33)(H,36,37). The molecule has 1 aromatic carbocycles. The molecule has 37 heavy (non-hydrogen) atoms. The number of aliphatic carboxylic acids is 1. The summed E-state index contributed by atoms with van der Waals surface area (Å²) in [5, 5.41) is 17.5. The van der Waals surface area contributed by atoms with E-state index in [0.717, 1.165) is 5.56 Å². The second kappa shape index (κ2) is 13.7. The molecule has 1 aliphatic heterocycles. The van der Waals surface area contributed by atoms with Crippen LogP contribution in [-0.2, 0) is 30.4 Å². The lowest BCUT2D eigenvalue weighted by atomic mass is 9.99. The first-order valence-electron chi connectivity index (χ1n) is 12.6. The average molecular weight is 518 g/mol. The van der Waals surface area contributed by atoms with Gasteiger partial charge in [-0.2, -0.15) is 0 Å². The van der Waals surface area contributed by atoms with Crippen molar-refractivity contribution in [1.82, 2.24) is 20.9 Å². The maximum Gasteiger partial charge on any atom is 0.326 e. The molecule has 1 fully saturated rings. The number of rotatable bonds is 12. The van der Waals surface area contributed by atoms with Gasteiger partial charge in [0, 0.05) is 13.0 Å². The van der Waals surface area contributed by atoms with Gasteiger partial charge in [-0.3, -0.25) is 19.2 Å². The first-order valence-corrected chi connectivity index (χ1v) is 12.6. The molecule has 0 aliphatic carbocycles. The highest BCUT2D eigenvalue weighted by molar-refractivity contribution is 5.95. The first kappa shape index (κ1) is 29.8. The van der Waals surface area contributed by atoms with Gasteiger partial charge in [0.1, 0.15) is 24.2 Å². The van der Waals surface area contributed by atoms with E-state index in [1.807, 2.05) is 6.07 Å². The molecule has 0 bridgehead atoms. The van der Waals surface area contributed by atoms with Crippen LogP contribution in [-0.4, -0.2) is 76.9 Å². The summed E-state index contributed by atoms with van der Waals surface area (Å²) in [6.07, 6.45) is 1.25. The van der Waals surface area contributed by atoms with Crippen LogP contribution in [0.3, 0.4) is 0 Å². The minimum atomic E-state index is -1.17. The summed E-state index contributed by atoms with van der Waals surface area (Å²) >= 11 is 0. The van der Waals surface area contributed by atoms with Crippen molar-refractivity contribution < 1.29 is 29.1 Å². The molecule has 1 saturated heterocycles. The molecule has 4 atom stereocenters. The topological polar surface area (TPSA) is 171 Å². The number of hydrogen-bond acceptors (Lipinski definition) is 6. The Morgan fingerprint density at radius 2 is 1.57 bits per heavy atom. The Hall–Kier alpha value is -3.47. The Labute approximate surface area is 217 Å². The van der Waals surface area contributed by atoms with Gasteiger partial charge in [0.05, 0.1) is 6.54 Å². The maximum atomic E-state index is 13.3. The third-order valence-electron chi connectivity index (χ3n) is 6.44. The van der Waals surface area contributed by atoms with Crippen LogP contribution in [0.15, 0.2) is 30.3 Å². The van der Waals surface area contributed by atoms with E-state index >= 15 is 0 Å². The van der Waals surface area contributed by atoms with Crippen LogP contribution in [0.4, 0.5) is 0 Å². The van der Waals surface area contributed by atoms with E-state index in [9.17, 15) is 29.1 Å². The number of carbonyl (C=O) groups excluding carboxylic acids is 4. The Morgan fingerprint density at radius 1 is 0.946 bits per heavy atom. The third kappa shape index (κ3) is 8.28. The van der Waals surface area contributed by atoms with Crippen molar-refractivity contribution in [2.24, 2.45) is 17.6 Å². The SMILES string of the molecule is CC(C)C(NC(=O)C(Cc1ccccc1)NC(=O)C(NC(=O)C1CCCN1C(=O)CN)C(C)C)C(=O)O. The van der Waals surface area contributed by atoms with E-state index in [4.69, 9.17) is 5.73 Å². The molecule has 11 heteroatoms. The van der Waals surface area contributed by atoms with Crippen molar-refractivity contribution in [3.8, 4) is 0 Å². The summed E-state index contributed by atoms with van der Waals surface area (Å²) in [6, 6.07) is 5.13. The van der Waals surface area contributed by atoms with Crippen molar-refractivity contribution in [3.05, 3.63) is 35.9 Å². The van der Waals surface area contributed by atoms with Crippen molar-refractivity contribution in [1.29, 1.82) is 0 Å². The number of carboxylic acids is 1. The van der Waals surface area contributed by atoms with Crippen LogP contribution in [0.1, 0.15) is 46.1 Å². The van der Waals surface area contributed by atoms with Gasteiger partial charge in [0.15, 0.2) is 0 Å². The van der Waals surface area contributed by atoms with E-state index < -0.39 is 47.9 Å². The van der Waals surface area contributed by atoms with Gasteiger partial charge in [-0.15, -0.1) is 0 Å². The Kier molecular flexibility index (Phi) is 11.0. The van der Waals surface area contributed by atoms with Gasteiger partial charge >= 0.3 is 5.97 Å². The molecule has 1 aromatic rings. The lowest BCUT2D eigenvalue weighted by molar-refractivity contribution is -0.143. The molecule has 204 valence electrons. The highest BCUT2D eigenvalue weighted by Gasteiger charge is 2.37. The molecule has 0 spiro atoms. The lowest BCUT2D eigenvalue weighted by Gasteiger charge is -2.29. The van der Waals surface area contributed by atoms with Gasteiger partial charge < -0.3 is 31.7 Å². The van der Waals surface area contributed by atoms with Gasteiger partial charge in [0.25, 0.3) is 0 Å². The molecule has 0 radical (unpaired) electrons. The van der Waals surface area contributed by atoms with Crippen LogP contribution in [0.5, 0.6) is 0 Å². The number of carbonyl (C=O) groups is 5. The zero-order valence-electron chi connectivity index (χ0n) is 21.9. The van der Waals surface area contributed by atoms with Crippen LogP contribution in [0.2, 0.25) is 0 Å². The fourth-order valence-corrected chi connectivity index (χ4v) is 4.33. The first-order chi connectivity index (χ1) is 17.5. The summed E-state index contributed by atoms with van der Waals surface area (Å²) < 4.78 is 0. The summed E-state index contributed by atoms with van der Waals surface area (Å²) in [7, 11) is 0. The molecular formula is C26H39N5O6. The number of carboxylic acid groups (broad SMARTS) is 1. The zero-order valence-corrected chi connectivity index (χ0v) is 21.9. The molecule has 0 saturated carbocycles. The monoisotopic (exact) mass is 517 g/mol. The number of nitrogens with zero attached hydrogens (tertiary/aromatic N) is 1. The second-order valence-corrected chi connectivity index (χ2v) is 10.00. The van der Waals surface area contributed by atoms with Crippen molar-refractivity contribution in [2.75, 3.05) is 13.1 Å². The summed E-state index contributed by atoms with van der Waals surface area (Å²) in [5.41, 5.74) is 6.24. The molecule has 4 amide bonds. The predicted octanol–water partition coefficient (Wildman–Crippen LogP) is 0.0298. The molecule has 0 aromatic heterocycles. The zero-order chi connectivity index (χ0) is 27.7. The number of likely N-dealkylation sites (tertiary alicyclic amines) is 1. The molecule has 11 nitrogen and oxygen atoms in total. The summed E-state index contributed by atoms with van der Waals surface area (Å²) in [4.78, 5) is 64.7. The van der Waals surface area contributed by atoms with Gasteiger partial charge in [-0.25, -0.2) is 4.79 Å². The van der Waals surface area contributed by atoms with Crippen LogP contribution >= 0.6 is 0 Å². The van der Waals surface area contributed by atoms with Crippen LogP contribution < -0.4 is 21.7 Å². The largest absolute Gasteiger partial charge is 0.480 e. The van der Waals surface area contributed by atoms with E-state index in [1.165, 1.54) is 4.90 Å². The number of nitrogens with one attached hydrogen (secondary N) is 3. The summed E-state index contributed by atoms with van der Waals surface area (Å²) in [6.45, 7) is 7.08. The molecule has 1 aliphatic rings. The fourth-order valence-electron chi connectivity index (χ4n) is 4.33. The molecule has 4 unspecified atom stereocenters. The molecule has 2 rings (SSSR count). The number of nitrogens with two attached hydrogens (primary N) is 1. The van der Waals surface area contributed by atoms with E-state index in [0.29, 0.717) is 19.4 Å². The van der Waals surface area contributed by atoms with Gasteiger partial charge in [0.2, 0.25) is 23.6 Å². The summed E-state index contributed by atoms with van der Waals surface area (Å²) in [5.74, 6) is -3.87. The third-order valence-corrected chi connectivity index (χ3v) is 6.44. The highest BCUT2D eigenvalue weighted by atomic mass is 16.4. The van der Waals surface area contributed by atoms with Gasteiger partial charge in [-0.05, 0) is 30.2 Å². The minimum absolute atomic E-state index is 0.128. The van der Waals surface area contributed by atoms with E-state index in [-0.39, 0.29) is 30.7 Å². The van der Waals surface area contributed by atoms with E-state index in [1.54, 1.807) is 52.0 Å².